The van der Waals surface area contributed by atoms with Crippen LogP contribution in [0.1, 0.15) is 16.1 Å². The molecule has 7 nitrogen and oxygen atoms in total. The SMILES string of the molecule is Cc1occc1C(=O)N1C[C@@H]2[C@H](CNc3ncccn3)CO[C@@H]2C1. The van der Waals surface area contributed by atoms with E-state index in [0.29, 0.717) is 42.3 Å². The molecule has 24 heavy (non-hydrogen) atoms. The smallest absolute Gasteiger partial charge is 0.257 e. The number of carbonyl (C=O) groups is 1. The molecule has 0 spiro atoms. The summed E-state index contributed by atoms with van der Waals surface area (Å²) in [6.07, 6.45) is 5.10. The Bertz CT molecular complexity index is 718. The summed E-state index contributed by atoms with van der Waals surface area (Å²) in [6.45, 7) is 4.63. The minimum Gasteiger partial charge on any atom is -0.469 e. The van der Waals surface area contributed by atoms with E-state index in [4.69, 9.17) is 9.15 Å². The van der Waals surface area contributed by atoms with Crippen molar-refractivity contribution >= 4 is 11.9 Å². The van der Waals surface area contributed by atoms with Crippen molar-refractivity contribution < 1.29 is 13.9 Å². The molecule has 0 radical (unpaired) electrons. The van der Waals surface area contributed by atoms with Gasteiger partial charge in [-0.15, -0.1) is 0 Å². The third kappa shape index (κ3) is 2.75. The molecule has 4 rings (SSSR count). The second kappa shape index (κ2) is 6.24. The maximum absolute atomic E-state index is 12.6. The van der Waals surface area contributed by atoms with Crippen LogP contribution in [0.2, 0.25) is 0 Å². The van der Waals surface area contributed by atoms with Crippen molar-refractivity contribution in [3.63, 3.8) is 0 Å². The van der Waals surface area contributed by atoms with Crippen molar-refractivity contribution in [1.29, 1.82) is 0 Å². The van der Waals surface area contributed by atoms with E-state index >= 15 is 0 Å². The van der Waals surface area contributed by atoms with Gasteiger partial charge in [0.2, 0.25) is 5.95 Å². The average molecular weight is 328 g/mol. The van der Waals surface area contributed by atoms with E-state index in [1.807, 2.05) is 11.8 Å². The zero-order valence-electron chi connectivity index (χ0n) is 13.5. The molecule has 1 amide bonds. The minimum atomic E-state index is 0.0253. The number of amides is 1. The number of likely N-dealkylation sites (tertiary alicyclic amines) is 1. The lowest BCUT2D eigenvalue weighted by Crippen LogP contribution is -2.32. The Kier molecular flexibility index (Phi) is 3.93. The summed E-state index contributed by atoms with van der Waals surface area (Å²) < 4.78 is 11.2. The van der Waals surface area contributed by atoms with E-state index in [2.05, 4.69) is 15.3 Å². The van der Waals surface area contributed by atoms with E-state index in [0.717, 1.165) is 13.1 Å². The first kappa shape index (κ1) is 15.1. The number of anilines is 1. The zero-order chi connectivity index (χ0) is 16.5. The monoisotopic (exact) mass is 328 g/mol. The minimum absolute atomic E-state index is 0.0253. The molecule has 2 fully saturated rings. The quantitative estimate of drug-likeness (QED) is 0.918. The third-order valence-electron chi connectivity index (χ3n) is 4.90. The molecule has 4 heterocycles. The molecule has 2 saturated heterocycles. The molecule has 1 N–H and O–H groups in total. The van der Waals surface area contributed by atoms with Crippen molar-refractivity contribution in [3.8, 4) is 0 Å². The first-order valence-corrected chi connectivity index (χ1v) is 8.18. The molecule has 0 aromatic carbocycles. The number of rotatable bonds is 4. The topological polar surface area (TPSA) is 80.5 Å². The number of furan rings is 1. The number of aryl methyl sites for hydroxylation is 1. The fourth-order valence-corrected chi connectivity index (χ4v) is 3.56. The molecule has 126 valence electrons. The van der Waals surface area contributed by atoms with Crippen LogP contribution < -0.4 is 5.32 Å². The Morgan fingerprint density at radius 3 is 2.96 bits per heavy atom. The summed E-state index contributed by atoms with van der Waals surface area (Å²) in [4.78, 5) is 22.8. The van der Waals surface area contributed by atoms with Gasteiger partial charge >= 0.3 is 0 Å². The number of aromatic nitrogens is 2. The van der Waals surface area contributed by atoms with E-state index in [1.165, 1.54) is 0 Å². The molecule has 2 aliphatic rings. The number of fused-ring (bicyclic) bond motifs is 1. The third-order valence-corrected chi connectivity index (χ3v) is 4.90. The van der Waals surface area contributed by atoms with Gasteiger partial charge in [0.25, 0.3) is 5.91 Å². The summed E-state index contributed by atoms with van der Waals surface area (Å²) in [6, 6.07) is 3.52. The molecule has 2 aliphatic heterocycles. The van der Waals surface area contributed by atoms with Crippen LogP contribution in [0, 0.1) is 18.8 Å². The van der Waals surface area contributed by atoms with Crippen molar-refractivity contribution in [3.05, 3.63) is 42.1 Å². The van der Waals surface area contributed by atoms with Crippen LogP contribution in [0.4, 0.5) is 5.95 Å². The second-order valence-corrected chi connectivity index (χ2v) is 6.35. The van der Waals surface area contributed by atoms with E-state index in [1.54, 1.807) is 30.8 Å². The van der Waals surface area contributed by atoms with Crippen LogP contribution in [0.25, 0.3) is 0 Å². The molecular weight excluding hydrogens is 308 g/mol. The first-order chi connectivity index (χ1) is 11.7. The van der Waals surface area contributed by atoms with Crippen LogP contribution in [0.3, 0.4) is 0 Å². The van der Waals surface area contributed by atoms with Gasteiger partial charge in [0.15, 0.2) is 0 Å². The van der Waals surface area contributed by atoms with Gasteiger partial charge in [0.1, 0.15) is 5.76 Å². The molecule has 2 aromatic heterocycles. The van der Waals surface area contributed by atoms with Crippen LogP contribution in [-0.2, 0) is 4.74 Å². The maximum atomic E-state index is 12.6. The van der Waals surface area contributed by atoms with E-state index in [-0.39, 0.29) is 12.0 Å². The Balaban J connectivity index is 1.38. The van der Waals surface area contributed by atoms with Crippen molar-refractivity contribution in [2.45, 2.75) is 13.0 Å². The lowest BCUT2D eigenvalue weighted by Gasteiger charge is -2.20. The number of ether oxygens (including phenoxy) is 1. The maximum Gasteiger partial charge on any atom is 0.257 e. The van der Waals surface area contributed by atoms with Crippen molar-refractivity contribution in [2.24, 2.45) is 11.8 Å². The number of hydrogen-bond donors (Lipinski definition) is 1. The molecule has 3 atom stereocenters. The summed E-state index contributed by atoms with van der Waals surface area (Å²) in [7, 11) is 0. The summed E-state index contributed by atoms with van der Waals surface area (Å²) in [5.74, 6) is 2.01. The number of carbonyl (C=O) groups excluding carboxylic acids is 1. The number of nitrogens with one attached hydrogen (secondary N) is 1. The lowest BCUT2D eigenvalue weighted by molar-refractivity contribution is 0.0678. The molecule has 0 bridgehead atoms. The van der Waals surface area contributed by atoms with Crippen molar-refractivity contribution in [1.82, 2.24) is 14.9 Å². The highest BCUT2D eigenvalue weighted by Gasteiger charge is 2.45. The van der Waals surface area contributed by atoms with Gasteiger partial charge in [-0.25, -0.2) is 9.97 Å². The summed E-state index contributed by atoms with van der Waals surface area (Å²) in [5.41, 5.74) is 0.641. The first-order valence-electron chi connectivity index (χ1n) is 8.18. The van der Waals surface area contributed by atoms with Gasteiger partial charge in [-0.3, -0.25) is 4.79 Å². The Labute approximate surface area is 140 Å². The standard InChI is InChI=1S/C17H20N4O3/c1-11-13(3-6-23-11)16(22)21-8-14-12(10-24-15(14)9-21)7-20-17-18-4-2-5-19-17/h2-6,12,14-15H,7-10H2,1H3,(H,18,19,20)/t12-,14-,15-/m1/s1. The van der Waals surface area contributed by atoms with Crippen LogP contribution in [0.5, 0.6) is 0 Å². The lowest BCUT2D eigenvalue weighted by atomic mass is 9.93. The van der Waals surface area contributed by atoms with Gasteiger partial charge in [-0.2, -0.15) is 0 Å². The highest BCUT2D eigenvalue weighted by Crippen LogP contribution is 2.34. The highest BCUT2D eigenvalue weighted by atomic mass is 16.5. The van der Waals surface area contributed by atoms with E-state index < -0.39 is 0 Å². The Morgan fingerprint density at radius 1 is 1.38 bits per heavy atom. The highest BCUT2D eigenvalue weighted by molar-refractivity contribution is 5.95. The molecule has 2 aromatic rings. The van der Waals surface area contributed by atoms with E-state index in [9.17, 15) is 4.79 Å². The zero-order valence-corrected chi connectivity index (χ0v) is 13.5. The van der Waals surface area contributed by atoms with Gasteiger partial charge in [0.05, 0.1) is 24.5 Å². The molecule has 0 aliphatic carbocycles. The summed E-state index contributed by atoms with van der Waals surface area (Å²) in [5, 5.41) is 3.26. The number of nitrogens with zero attached hydrogens (tertiary/aromatic N) is 3. The predicted octanol–water partition coefficient (Wildman–Crippen LogP) is 1.58. The Morgan fingerprint density at radius 2 is 2.21 bits per heavy atom. The van der Waals surface area contributed by atoms with Gasteiger partial charge in [0, 0.05) is 43.9 Å². The van der Waals surface area contributed by atoms with Crippen molar-refractivity contribution in [2.75, 3.05) is 31.6 Å². The normalized spacial score (nSPS) is 25.7. The predicted molar refractivity (Wildman–Crippen MR) is 86.6 cm³/mol. The largest absolute Gasteiger partial charge is 0.469 e. The van der Waals surface area contributed by atoms with Crippen LogP contribution in [-0.4, -0.2) is 53.1 Å². The molecular formula is C17H20N4O3. The molecule has 7 heteroatoms. The molecule has 0 unspecified atom stereocenters. The fourth-order valence-electron chi connectivity index (χ4n) is 3.56. The number of hydrogen-bond acceptors (Lipinski definition) is 6. The second-order valence-electron chi connectivity index (χ2n) is 6.35. The van der Waals surface area contributed by atoms with Crippen LogP contribution in [0.15, 0.2) is 35.2 Å². The van der Waals surface area contributed by atoms with Gasteiger partial charge < -0.3 is 19.4 Å². The fraction of sp³-hybridized carbons (Fsp3) is 0.471. The summed E-state index contributed by atoms with van der Waals surface area (Å²) >= 11 is 0. The van der Waals surface area contributed by atoms with Gasteiger partial charge in [-0.05, 0) is 19.1 Å². The Hall–Kier alpha value is -2.41. The van der Waals surface area contributed by atoms with Crippen LogP contribution >= 0.6 is 0 Å². The average Bonchev–Trinajstić information content (AvgIpc) is 3.29. The van der Waals surface area contributed by atoms with Gasteiger partial charge in [-0.1, -0.05) is 0 Å². The molecule has 0 saturated carbocycles.